The number of esters is 1. The molecule has 34 heavy (non-hydrogen) atoms. The highest BCUT2D eigenvalue weighted by Gasteiger charge is 2.16. The number of para-hydroxylation sites is 1. The number of aryl methyl sites for hydroxylation is 3. The first kappa shape index (κ1) is 21.5. The number of carbonyl (C=O) groups excluding carboxylic acids is 1. The smallest absolute Gasteiger partial charge is 0.306 e. The summed E-state index contributed by atoms with van der Waals surface area (Å²) in [6.45, 7) is 1.84. The van der Waals surface area contributed by atoms with Gasteiger partial charge in [-0.25, -0.2) is 4.98 Å². The molecule has 0 aliphatic carbocycles. The van der Waals surface area contributed by atoms with E-state index in [1.165, 1.54) is 4.57 Å². The van der Waals surface area contributed by atoms with E-state index in [-0.39, 0.29) is 24.1 Å². The van der Waals surface area contributed by atoms with E-state index in [9.17, 15) is 14.4 Å². The van der Waals surface area contributed by atoms with Crippen LogP contribution in [0, 0.1) is 6.92 Å². The second-order valence-corrected chi connectivity index (χ2v) is 8.18. The maximum atomic E-state index is 12.7. The minimum Gasteiger partial charge on any atom is -0.457 e. The van der Waals surface area contributed by atoms with Gasteiger partial charge in [-0.3, -0.25) is 23.4 Å². The fourth-order valence-electron chi connectivity index (χ4n) is 4.02. The molecule has 0 spiro atoms. The molecule has 0 aliphatic rings. The fourth-order valence-corrected chi connectivity index (χ4v) is 4.02. The lowest BCUT2D eigenvalue weighted by molar-refractivity contribution is -0.145. The van der Waals surface area contributed by atoms with Gasteiger partial charge in [-0.2, -0.15) is 0 Å². The van der Waals surface area contributed by atoms with Crippen LogP contribution < -0.4 is 11.1 Å². The third kappa shape index (κ3) is 3.83. The molecule has 172 valence electrons. The minimum absolute atomic E-state index is 0.0771. The monoisotopic (exact) mass is 458 g/mol. The lowest BCUT2D eigenvalue weighted by Crippen LogP contribution is -2.20. The van der Waals surface area contributed by atoms with E-state index >= 15 is 0 Å². The third-order valence-electron chi connectivity index (χ3n) is 5.76. The molecular weight excluding hydrogens is 436 g/mol. The van der Waals surface area contributed by atoms with Crippen molar-refractivity contribution in [3.05, 3.63) is 80.4 Å². The SMILES string of the molecule is Cc1ccc2c(c1)c(=O)n(C)c1nnc(COC(=O)CCCc3nc4ccccc4c(=O)[nH]3)n21. The summed E-state index contributed by atoms with van der Waals surface area (Å²) in [6, 6.07) is 12.7. The van der Waals surface area contributed by atoms with Crippen molar-refractivity contribution < 1.29 is 9.53 Å². The molecule has 10 heteroatoms. The van der Waals surface area contributed by atoms with Gasteiger partial charge in [-0.15, -0.1) is 10.2 Å². The summed E-state index contributed by atoms with van der Waals surface area (Å²) >= 11 is 0. The van der Waals surface area contributed by atoms with E-state index in [1.54, 1.807) is 29.6 Å². The Labute approximate surface area is 192 Å². The molecule has 10 nitrogen and oxygen atoms in total. The maximum absolute atomic E-state index is 12.7. The van der Waals surface area contributed by atoms with Crippen molar-refractivity contribution in [3.8, 4) is 0 Å². The highest BCUT2D eigenvalue weighted by molar-refractivity contribution is 5.81. The first-order valence-corrected chi connectivity index (χ1v) is 10.9. The predicted octanol–water partition coefficient (Wildman–Crippen LogP) is 2.19. The van der Waals surface area contributed by atoms with E-state index in [2.05, 4.69) is 20.2 Å². The zero-order valence-electron chi connectivity index (χ0n) is 18.7. The Hall–Kier alpha value is -4.34. The molecule has 0 saturated heterocycles. The normalized spacial score (nSPS) is 11.5. The van der Waals surface area contributed by atoms with Crippen molar-refractivity contribution in [1.82, 2.24) is 29.1 Å². The first-order chi connectivity index (χ1) is 16.4. The predicted molar refractivity (Wildman–Crippen MR) is 126 cm³/mol. The zero-order chi connectivity index (χ0) is 23.8. The Morgan fingerprint density at radius 2 is 1.91 bits per heavy atom. The highest BCUT2D eigenvalue weighted by Crippen LogP contribution is 2.16. The summed E-state index contributed by atoms with van der Waals surface area (Å²) < 4.78 is 8.58. The van der Waals surface area contributed by atoms with Gasteiger partial charge in [0.25, 0.3) is 11.1 Å². The molecule has 0 fully saturated rings. The van der Waals surface area contributed by atoms with Crippen LogP contribution in [0.25, 0.3) is 27.6 Å². The molecule has 2 aromatic carbocycles. The Morgan fingerprint density at radius 1 is 1.09 bits per heavy atom. The number of nitrogens with zero attached hydrogens (tertiary/aromatic N) is 5. The molecule has 0 bridgehead atoms. The number of fused-ring (bicyclic) bond motifs is 4. The Kier molecular flexibility index (Phi) is 5.40. The van der Waals surface area contributed by atoms with Gasteiger partial charge in [-0.1, -0.05) is 23.8 Å². The lowest BCUT2D eigenvalue weighted by atomic mass is 10.1. The summed E-state index contributed by atoms with van der Waals surface area (Å²) in [4.78, 5) is 44.4. The van der Waals surface area contributed by atoms with Crippen LogP contribution in [0.4, 0.5) is 0 Å². The van der Waals surface area contributed by atoms with Crippen LogP contribution in [-0.2, 0) is 29.6 Å². The van der Waals surface area contributed by atoms with Gasteiger partial charge in [-0.05, 0) is 37.6 Å². The molecule has 5 aromatic rings. The van der Waals surface area contributed by atoms with E-state index < -0.39 is 5.97 Å². The van der Waals surface area contributed by atoms with Crippen molar-refractivity contribution >= 4 is 33.6 Å². The van der Waals surface area contributed by atoms with E-state index in [0.29, 0.717) is 52.1 Å². The van der Waals surface area contributed by atoms with Gasteiger partial charge < -0.3 is 9.72 Å². The Morgan fingerprint density at radius 3 is 2.76 bits per heavy atom. The average Bonchev–Trinajstić information content (AvgIpc) is 3.25. The van der Waals surface area contributed by atoms with Crippen molar-refractivity contribution in [2.24, 2.45) is 7.05 Å². The number of benzene rings is 2. The van der Waals surface area contributed by atoms with Crippen LogP contribution in [0.2, 0.25) is 0 Å². The van der Waals surface area contributed by atoms with Crippen LogP contribution >= 0.6 is 0 Å². The molecular formula is C24H22N6O4. The molecule has 0 unspecified atom stereocenters. The van der Waals surface area contributed by atoms with Crippen molar-refractivity contribution in [3.63, 3.8) is 0 Å². The van der Waals surface area contributed by atoms with Crippen LogP contribution in [0.3, 0.4) is 0 Å². The molecule has 1 N–H and O–H groups in total. The third-order valence-corrected chi connectivity index (χ3v) is 5.76. The summed E-state index contributed by atoms with van der Waals surface area (Å²) in [5.41, 5.74) is 1.89. The number of carbonyl (C=O) groups is 1. The van der Waals surface area contributed by atoms with Crippen LogP contribution in [0.15, 0.2) is 52.1 Å². The Balaban J connectivity index is 1.28. The largest absolute Gasteiger partial charge is 0.457 e. The number of H-pyrrole nitrogens is 1. The Bertz CT molecular complexity index is 1680. The van der Waals surface area contributed by atoms with Crippen molar-refractivity contribution in [2.45, 2.75) is 32.8 Å². The zero-order valence-corrected chi connectivity index (χ0v) is 18.7. The molecule has 5 rings (SSSR count). The summed E-state index contributed by atoms with van der Waals surface area (Å²) in [5, 5.41) is 9.32. The molecule has 0 atom stereocenters. The quantitative estimate of drug-likeness (QED) is 0.387. The van der Waals surface area contributed by atoms with Crippen LogP contribution in [-0.4, -0.2) is 35.1 Å². The van der Waals surface area contributed by atoms with Crippen LogP contribution in [0.1, 0.15) is 30.1 Å². The number of ether oxygens (including phenoxy) is 1. The number of aromatic nitrogens is 6. The molecule has 0 amide bonds. The van der Waals surface area contributed by atoms with E-state index in [4.69, 9.17) is 4.74 Å². The number of hydrogen-bond donors (Lipinski definition) is 1. The molecule has 0 saturated carbocycles. The summed E-state index contributed by atoms with van der Waals surface area (Å²) in [5.74, 6) is 0.930. The number of hydrogen-bond acceptors (Lipinski definition) is 7. The van der Waals surface area contributed by atoms with Crippen LogP contribution in [0.5, 0.6) is 0 Å². The average molecular weight is 458 g/mol. The maximum Gasteiger partial charge on any atom is 0.306 e. The fraction of sp³-hybridized carbons (Fsp3) is 0.250. The standard InChI is InChI=1S/C24H22N6O4/c1-14-10-11-18-16(12-14)23(33)29(2)24-28-27-20(30(18)24)13-34-21(31)9-5-8-19-25-17-7-4-3-6-15(17)22(32)26-19/h3-4,6-7,10-12H,5,8-9,13H2,1-2H3,(H,25,26,32). The number of aromatic amines is 1. The second kappa shape index (κ2) is 8.54. The van der Waals surface area contributed by atoms with Gasteiger partial charge in [0.2, 0.25) is 5.78 Å². The van der Waals surface area contributed by atoms with Crippen molar-refractivity contribution in [1.29, 1.82) is 0 Å². The highest BCUT2D eigenvalue weighted by atomic mass is 16.5. The van der Waals surface area contributed by atoms with Gasteiger partial charge >= 0.3 is 5.97 Å². The van der Waals surface area contributed by atoms with Gasteiger partial charge in [0.15, 0.2) is 12.4 Å². The van der Waals surface area contributed by atoms with E-state index in [0.717, 1.165) is 5.56 Å². The van der Waals surface area contributed by atoms with Gasteiger partial charge in [0, 0.05) is 19.9 Å². The molecule has 3 heterocycles. The lowest BCUT2D eigenvalue weighted by Gasteiger charge is -2.09. The summed E-state index contributed by atoms with van der Waals surface area (Å²) in [6.07, 6.45) is 1.07. The minimum atomic E-state index is -0.398. The number of rotatable bonds is 6. The first-order valence-electron chi connectivity index (χ1n) is 10.9. The molecule has 0 aliphatic heterocycles. The van der Waals surface area contributed by atoms with Gasteiger partial charge in [0.05, 0.1) is 21.8 Å². The van der Waals surface area contributed by atoms with Gasteiger partial charge in [0.1, 0.15) is 5.82 Å². The molecule has 3 aromatic heterocycles. The van der Waals surface area contributed by atoms with Crippen molar-refractivity contribution in [2.75, 3.05) is 0 Å². The number of nitrogens with one attached hydrogen (secondary N) is 1. The van der Waals surface area contributed by atoms with E-state index in [1.807, 2.05) is 31.2 Å². The topological polar surface area (TPSA) is 124 Å². The summed E-state index contributed by atoms with van der Waals surface area (Å²) in [7, 11) is 1.63. The molecule has 0 radical (unpaired) electrons. The second-order valence-electron chi connectivity index (χ2n) is 8.18.